The van der Waals surface area contributed by atoms with Crippen molar-refractivity contribution in [3.05, 3.63) is 36.5 Å². The highest BCUT2D eigenvalue weighted by Crippen LogP contribution is 2.54. The van der Waals surface area contributed by atoms with Gasteiger partial charge in [-0.1, -0.05) is 25.7 Å². The van der Waals surface area contributed by atoms with Gasteiger partial charge in [-0.05, 0) is 31.6 Å². The summed E-state index contributed by atoms with van der Waals surface area (Å²) in [5.41, 5.74) is -5.65. The van der Waals surface area contributed by atoms with Crippen LogP contribution in [0, 0.1) is 17.3 Å². The maximum absolute atomic E-state index is 12.9. The van der Waals surface area contributed by atoms with E-state index in [-0.39, 0.29) is 5.57 Å². The Morgan fingerprint density at radius 3 is 2.26 bits per heavy atom. The molecular weight excluding hydrogens is 468 g/mol. The fourth-order valence-corrected chi connectivity index (χ4v) is 5.62. The summed E-state index contributed by atoms with van der Waals surface area (Å²) in [5, 5.41) is 22.4. The Hall–Kier alpha value is -2.49. The SMILES string of the molecule is C=C1/C=C\[C@H](OC(C)=O)[C@@]2(C)C=CC(=O)[C@@](C)(O)[C@@H]2[C@@H](OC(C)=O)[C@]2(O)[C@@H](C)C(=O)O[C@H]2[C@H]1Cl. The van der Waals surface area contributed by atoms with Gasteiger partial charge in [-0.3, -0.25) is 19.2 Å². The number of alkyl halides is 1. The zero-order valence-corrected chi connectivity index (χ0v) is 20.4. The summed E-state index contributed by atoms with van der Waals surface area (Å²) in [5.74, 6) is -5.67. The number of fused-ring (bicyclic) bond motifs is 2. The minimum Gasteiger partial charge on any atom is -0.459 e. The molecule has 0 unspecified atom stereocenters. The van der Waals surface area contributed by atoms with Gasteiger partial charge in [0.2, 0.25) is 0 Å². The van der Waals surface area contributed by atoms with E-state index in [1.54, 1.807) is 6.92 Å². The number of carbonyl (C=O) groups excluding carboxylic acids is 4. The molecule has 2 aliphatic carbocycles. The van der Waals surface area contributed by atoms with Crippen molar-refractivity contribution in [1.29, 1.82) is 0 Å². The van der Waals surface area contributed by atoms with E-state index in [0.29, 0.717) is 0 Å². The van der Waals surface area contributed by atoms with E-state index in [4.69, 9.17) is 25.8 Å². The number of carbonyl (C=O) groups is 4. The van der Waals surface area contributed by atoms with Gasteiger partial charge in [-0.25, -0.2) is 0 Å². The van der Waals surface area contributed by atoms with Gasteiger partial charge in [0.15, 0.2) is 17.5 Å². The van der Waals surface area contributed by atoms with Crippen LogP contribution in [0.3, 0.4) is 0 Å². The first-order valence-electron chi connectivity index (χ1n) is 10.8. The lowest BCUT2D eigenvalue weighted by Gasteiger charge is -2.54. The smallest absolute Gasteiger partial charge is 0.312 e. The van der Waals surface area contributed by atoms with Gasteiger partial charge in [-0.2, -0.15) is 0 Å². The van der Waals surface area contributed by atoms with Crippen LogP contribution in [-0.4, -0.2) is 68.8 Å². The molecule has 34 heavy (non-hydrogen) atoms. The summed E-state index contributed by atoms with van der Waals surface area (Å²) in [6, 6.07) is 0. The molecule has 3 rings (SSSR count). The molecule has 0 spiro atoms. The van der Waals surface area contributed by atoms with Crippen molar-refractivity contribution in [3.8, 4) is 0 Å². The Morgan fingerprint density at radius 1 is 1.12 bits per heavy atom. The molecule has 1 heterocycles. The van der Waals surface area contributed by atoms with E-state index in [9.17, 15) is 29.4 Å². The van der Waals surface area contributed by atoms with Gasteiger partial charge in [0.25, 0.3) is 0 Å². The average Bonchev–Trinajstić information content (AvgIpc) is 2.96. The molecule has 9 nitrogen and oxygen atoms in total. The van der Waals surface area contributed by atoms with Crippen LogP contribution in [0.2, 0.25) is 0 Å². The van der Waals surface area contributed by atoms with E-state index < -0.39 is 75.8 Å². The number of rotatable bonds is 2. The normalized spacial score (nSPS) is 45.0. The van der Waals surface area contributed by atoms with Crippen LogP contribution in [0.15, 0.2) is 36.5 Å². The van der Waals surface area contributed by atoms with Crippen molar-refractivity contribution in [1.82, 2.24) is 0 Å². The third kappa shape index (κ3) is 3.89. The average molecular weight is 497 g/mol. The van der Waals surface area contributed by atoms with Crippen LogP contribution in [-0.2, 0) is 33.4 Å². The lowest BCUT2D eigenvalue weighted by Crippen LogP contribution is -2.69. The fourth-order valence-electron chi connectivity index (χ4n) is 5.30. The van der Waals surface area contributed by atoms with Crippen LogP contribution in [0.5, 0.6) is 0 Å². The Kier molecular flexibility index (Phi) is 6.62. The topological polar surface area (TPSA) is 136 Å². The van der Waals surface area contributed by atoms with E-state index in [2.05, 4.69) is 6.58 Å². The third-order valence-corrected chi connectivity index (χ3v) is 7.69. The molecule has 10 heteroatoms. The third-order valence-electron chi connectivity index (χ3n) is 7.18. The summed E-state index contributed by atoms with van der Waals surface area (Å²) in [6.45, 7) is 10.4. The van der Waals surface area contributed by atoms with Crippen molar-refractivity contribution >= 4 is 35.3 Å². The molecule has 0 radical (unpaired) electrons. The van der Waals surface area contributed by atoms with Crippen LogP contribution in [0.4, 0.5) is 0 Å². The van der Waals surface area contributed by atoms with E-state index >= 15 is 0 Å². The highest BCUT2D eigenvalue weighted by Gasteiger charge is 2.70. The zero-order chi connectivity index (χ0) is 25.8. The van der Waals surface area contributed by atoms with E-state index in [1.165, 1.54) is 39.0 Å². The van der Waals surface area contributed by atoms with Crippen LogP contribution in [0.25, 0.3) is 0 Å². The first kappa shape index (κ1) is 26.1. The molecule has 1 saturated heterocycles. The summed E-state index contributed by atoms with van der Waals surface area (Å²) in [7, 11) is 0. The number of ether oxygens (including phenoxy) is 3. The Labute approximate surface area is 202 Å². The van der Waals surface area contributed by atoms with Crippen LogP contribution < -0.4 is 0 Å². The van der Waals surface area contributed by atoms with Gasteiger partial charge in [0, 0.05) is 25.2 Å². The molecule has 0 bridgehead atoms. The number of allylic oxidation sites excluding steroid dienone is 1. The largest absolute Gasteiger partial charge is 0.459 e. The summed E-state index contributed by atoms with van der Waals surface area (Å²) in [6.07, 6.45) is 1.34. The first-order chi connectivity index (χ1) is 15.6. The minimum absolute atomic E-state index is 0.232. The van der Waals surface area contributed by atoms with Crippen molar-refractivity contribution in [3.63, 3.8) is 0 Å². The lowest BCUT2D eigenvalue weighted by atomic mass is 9.55. The molecule has 3 aliphatic rings. The van der Waals surface area contributed by atoms with Gasteiger partial charge in [0.05, 0.1) is 11.3 Å². The predicted octanol–water partition coefficient (Wildman–Crippen LogP) is 1.39. The number of hydrogen-bond donors (Lipinski definition) is 2. The van der Waals surface area contributed by atoms with Crippen molar-refractivity contribution in [2.75, 3.05) is 0 Å². The van der Waals surface area contributed by atoms with Gasteiger partial charge < -0.3 is 24.4 Å². The van der Waals surface area contributed by atoms with Crippen molar-refractivity contribution < 1.29 is 43.6 Å². The van der Waals surface area contributed by atoms with Crippen LogP contribution in [0.1, 0.15) is 34.6 Å². The molecule has 186 valence electrons. The second kappa shape index (κ2) is 8.62. The number of halogens is 1. The van der Waals surface area contributed by atoms with Crippen LogP contribution >= 0.6 is 11.6 Å². The highest BCUT2D eigenvalue weighted by atomic mass is 35.5. The molecule has 0 aromatic rings. The molecular formula is C24H29ClO9. The Bertz CT molecular complexity index is 998. The molecule has 1 aliphatic heterocycles. The number of ketones is 1. The molecule has 9 atom stereocenters. The molecule has 0 amide bonds. The fraction of sp³-hybridized carbons (Fsp3) is 0.583. The second-order valence-electron chi connectivity index (χ2n) is 9.55. The second-order valence-corrected chi connectivity index (χ2v) is 10.0. The summed E-state index contributed by atoms with van der Waals surface area (Å²) < 4.78 is 16.6. The Balaban J connectivity index is 2.41. The number of aliphatic hydroxyl groups is 2. The maximum Gasteiger partial charge on any atom is 0.312 e. The lowest BCUT2D eigenvalue weighted by molar-refractivity contribution is -0.224. The van der Waals surface area contributed by atoms with Crippen molar-refractivity contribution in [2.24, 2.45) is 17.3 Å². The molecule has 0 saturated carbocycles. The number of hydrogen-bond acceptors (Lipinski definition) is 9. The quantitative estimate of drug-likeness (QED) is 0.330. The Morgan fingerprint density at radius 2 is 1.71 bits per heavy atom. The molecule has 0 aromatic carbocycles. The number of esters is 3. The van der Waals surface area contributed by atoms with E-state index in [1.807, 2.05) is 0 Å². The van der Waals surface area contributed by atoms with Gasteiger partial charge in [-0.15, -0.1) is 11.6 Å². The highest BCUT2D eigenvalue weighted by molar-refractivity contribution is 6.23. The minimum atomic E-state index is -2.27. The summed E-state index contributed by atoms with van der Waals surface area (Å²) >= 11 is 6.58. The van der Waals surface area contributed by atoms with Gasteiger partial charge >= 0.3 is 17.9 Å². The monoisotopic (exact) mass is 496 g/mol. The summed E-state index contributed by atoms with van der Waals surface area (Å²) in [4.78, 5) is 49.8. The maximum atomic E-state index is 12.9. The standard InChI is InChI=1S/C24H29ClO9/c1-11-7-8-16(32-13(3)26)22(5)10-9-15(28)23(6,30)18(22)20(33-14(4)27)24(31)12(2)21(29)34-19(24)17(11)25/h7-10,12,16-20,30-31H,1H2,2-6H3/b8-7-/t12-,16-,17-,18+,19-,20+,22+,23+,24-/m0/s1. The van der Waals surface area contributed by atoms with Gasteiger partial charge in [0.1, 0.15) is 17.8 Å². The molecule has 2 N–H and O–H groups in total. The molecule has 1 fully saturated rings. The zero-order valence-electron chi connectivity index (χ0n) is 19.6. The first-order valence-corrected chi connectivity index (χ1v) is 11.3. The molecule has 0 aromatic heterocycles. The van der Waals surface area contributed by atoms with E-state index in [0.717, 1.165) is 13.0 Å². The van der Waals surface area contributed by atoms with Crippen molar-refractivity contribution in [2.45, 2.75) is 69.5 Å². The predicted molar refractivity (Wildman–Crippen MR) is 119 cm³/mol.